The summed E-state index contributed by atoms with van der Waals surface area (Å²) in [6, 6.07) is 7.11. The van der Waals surface area contributed by atoms with Crippen molar-refractivity contribution in [3.63, 3.8) is 0 Å². The number of hydrogen-bond acceptors (Lipinski definition) is 5. The van der Waals surface area contributed by atoms with Crippen LogP contribution in [0.25, 0.3) is 11.0 Å². The van der Waals surface area contributed by atoms with Gasteiger partial charge in [0.2, 0.25) is 0 Å². The zero-order valence-electron chi connectivity index (χ0n) is 9.01. The zero-order chi connectivity index (χ0) is 12.4. The summed E-state index contributed by atoms with van der Waals surface area (Å²) in [5.74, 6) is -2.28. The van der Waals surface area contributed by atoms with E-state index < -0.39 is 17.0 Å². The van der Waals surface area contributed by atoms with Crippen LogP contribution in [0.1, 0.15) is 18.2 Å². The standard InChI is InChI=1S/C11H10N2O3S.Co/c14-9(17)5-6(11(15)16)10-12-7-3-1-2-4-8(7)13-10;/h1-4,6H,5H2,(H,12,13)(H,14,17)(H,15,16);/q;+2/p-2. The fraction of sp³-hybridized carbons (Fsp3) is 0.182. The minimum atomic E-state index is -1.36. The Hall–Kier alpha value is -1.44. The third-order valence-electron chi connectivity index (χ3n) is 2.39. The van der Waals surface area contributed by atoms with Gasteiger partial charge < -0.3 is 32.3 Å². The predicted octanol–water partition coefficient (Wildman–Crippen LogP) is -0.143. The fourth-order valence-electron chi connectivity index (χ4n) is 1.60. The summed E-state index contributed by atoms with van der Waals surface area (Å²) in [7, 11) is 0. The quantitative estimate of drug-likeness (QED) is 0.795. The van der Waals surface area contributed by atoms with Crippen LogP contribution in [-0.4, -0.2) is 21.1 Å². The third kappa shape index (κ3) is 3.06. The van der Waals surface area contributed by atoms with Gasteiger partial charge in [-0.2, -0.15) is 0 Å². The van der Waals surface area contributed by atoms with Gasteiger partial charge in [0.1, 0.15) is 5.82 Å². The summed E-state index contributed by atoms with van der Waals surface area (Å²) in [4.78, 5) is 28.7. The third-order valence-corrected chi connectivity index (χ3v) is 2.56. The van der Waals surface area contributed by atoms with Crippen molar-refractivity contribution in [3.8, 4) is 0 Å². The number of carboxylic acids is 1. The second-order valence-corrected chi connectivity index (χ2v) is 4.04. The van der Waals surface area contributed by atoms with Gasteiger partial charge in [-0.05, 0) is 18.6 Å². The Morgan fingerprint density at radius 2 is 2.06 bits per heavy atom. The number of H-pyrrole nitrogens is 1. The first-order chi connectivity index (χ1) is 8.08. The average Bonchev–Trinajstić information content (AvgIpc) is 2.68. The van der Waals surface area contributed by atoms with Crippen molar-refractivity contribution >= 4 is 34.7 Å². The number of para-hydroxylation sites is 2. The van der Waals surface area contributed by atoms with E-state index in [0.29, 0.717) is 11.0 Å². The summed E-state index contributed by atoms with van der Waals surface area (Å²) in [6.45, 7) is 0. The molecule has 0 amide bonds. The Morgan fingerprint density at radius 3 is 2.61 bits per heavy atom. The molecule has 1 aromatic carbocycles. The first-order valence-corrected chi connectivity index (χ1v) is 5.34. The van der Waals surface area contributed by atoms with Crippen molar-refractivity contribution in [2.75, 3.05) is 0 Å². The van der Waals surface area contributed by atoms with Crippen LogP contribution >= 0.6 is 0 Å². The maximum Gasteiger partial charge on any atom is 2.00 e. The van der Waals surface area contributed by atoms with Gasteiger partial charge in [0.25, 0.3) is 0 Å². The first kappa shape index (κ1) is 14.6. The number of rotatable bonds is 4. The maximum atomic E-state index is 10.9. The summed E-state index contributed by atoms with van der Waals surface area (Å²) in [6.07, 6.45) is -0.294. The molecule has 0 aliphatic rings. The molecule has 1 heterocycles. The van der Waals surface area contributed by atoms with E-state index in [9.17, 15) is 14.7 Å². The first-order valence-electron chi connectivity index (χ1n) is 4.93. The molecule has 0 saturated carbocycles. The molecule has 0 saturated heterocycles. The van der Waals surface area contributed by atoms with Gasteiger partial charge in [0.05, 0.1) is 22.9 Å². The van der Waals surface area contributed by atoms with Gasteiger partial charge in [0.15, 0.2) is 0 Å². The zero-order valence-corrected chi connectivity index (χ0v) is 10.9. The molecule has 95 valence electrons. The molecular formula is C11H8CoN2O3S. The molecule has 5 nitrogen and oxygen atoms in total. The largest absolute Gasteiger partial charge is 2.00 e. The molecule has 1 atom stereocenters. The van der Waals surface area contributed by atoms with E-state index in [0.717, 1.165) is 0 Å². The van der Waals surface area contributed by atoms with Crippen molar-refractivity contribution in [2.45, 2.75) is 12.3 Å². The molecule has 1 aromatic heterocycles. The van der Waals surface area contributed by atoms with E-state index in [4.69, 9.17) is 0 Å². The number of imidazole rings is 1. The predicted molar refractivity (Wildman–Crippen MR) is 60.8 cm³/mol. The number of benzene rings is 1. The Kier molecular flexibility index (Phi) is 4.82. The van der Waals surface area contributed by atoms with Crippen LogP contribution in [0.5, 0.6) is 0 Å². The molecule has 0 fully saturated rings. The molecule has 1 unspecified atom stereocenters. The summed E-state index contributed by atoms with van der Waals surface area (Å²) >= 11 is 4.38. The van der Waals surface area contributed by atoms with Gasteiger partial charge in [-0.25, -0.2) is 4.98 Å². The number of hydrogen-bond donors (Lipinski definition) is 1. The van der Waals surface area contributed by atoms with Crippen LogP contribution in [0.3, 0.4) is 0 Å². The topological polar surface area (TPSA) is 85.9 Å². The Morgan fingerprint density at radius 1 is 1.39 bits per heavy atom. The van der Waals surface area contributed by atoms with Gasteiger partial charge >= 0.3 is 16.8 Å². The minimum absolute atomic E-state index is 0. The number of aromatic nitrogens is 2. The molecule has 0 aliphatic heterocycles. The van der Waals surface area contributed by atoms with E-state index in [1.54, 1.807) is 24.3 Å². The molecule has 1 radical (unpaired) electrons. The van der Waals surface area contributed by atoms with E-state index in [-0.39, 0.29) is 29.0 Å². The molecule has 2 rings (SSSR count). The van der Waals surface area contributed by atoms with Crippen molar-refractivity contribution < 1.29 is 31.5 Å². The summed E-state index contributed by atoms with van der Waals surface area (Å²) < 4.78 is 0. The van der Waals surface area contributed by atoms with Crippen molar-refractivity contribution in [1.82, 2.24) is 9.97 Å². The molecular weight excluding hydrogens is 299 g/mol. The van der Waals surface area contributed by atoms with Gasteiger partial charge in [-0.3, -0.25) is 0 Å². The van der Waals surface area contributed by atoms with Crippen LogP contribution < -0.4 is 5.11 Å². The van der Waals surface area contributed by atoms with E-state index in [1.165, 1.54) is 0 Å². The van der Waals surface area contributed by atoms with E-state index in [2.05, 4.69) is 22.6 Å². The molecule has 0 aliphatic carbocycles. The average molecular weight is 307 g/mol. The Balaban J connectivity index is 0.00000162. The smallest absolute Gasteiger partial charge is 0.742 e. The van der Waals surface area contributed by atoms with Gasteiger partial charge in [0, 0.05) is 5.12 Å². The normalized spacial score (nSPS) is 11.8. The van der Waals surface area contributed by atoms with Crippen LogP contribution in [0.2, 0.25) is 0 Å². The number of nitrogens with one attached hydrogen (secondary N) is 1. The van der Waals surface area contributed by atoms with Crippen LogP contribution in [0.15, 0.2) is 24.3 Å². The molecule has 0 bridgehead atoms. The molecule has 1 N–H and O–H groups in total. The van der Waals surface area contributed by atoms with E-state index in [1.807, 2.05) is 0 Å². The number of aromatic amines is 1. The molecule has 7 heteroatoms. The molecule has 2 aromatic rings. The van der Waals surface area contributed by atoms with Crippen LogP contribution in [0.4, 0.5) is 0 Å². The Bertz CT molecular complexity index is 551. The van der Waals surface area contributed by atoms with Gasteiger partial charge in [-0.1, -0.05) is 12.1 Å². The van der Waals surface area contributed by atoms with Gasteiger partial charge in [-0.15, -0.1) is 0 Å². The van der Waals surface area contributed by atoms with Crippen molar-refractivity contribution in [3.05, 3.63) is 30.1 Å². The fourth-order valence-corrected chi connectivity index (χ4v) is 1.76. The van der Waals surface area contributed by atoms with E-state index >= 15 is 0 Å². The number of fused-ring (bicyclic) bond motifs is 1. The summed E-state index contributed by atoms with van der Waals surface area (Å²) in [5, 5.41) is 10.3. The number of aliphatic carboxylic acids is 1. The number of carbonyl (C=O) groups excluding carboxylic acids is 2. The Labute approximate surface area is 119 Å². The number of nitrogens with zero attached hydrogens (tertiary/aromatic N) is 1. The van der Waals surface area contributed by atoms with Crippen molar-refractivity contribution in [1.29, 1.82) is 0 Å². The number of carbonyl (C=O) groups is 2. The minimum Gasteiger partial charge on any atom is -0.742 e. The molecule has 0 spiro atoms. The second kappa shape index (κ2) is 5.94. The molecule has 18 heavy (non-hydrogen) atoms. The maximum absolute atomic E-state index is 10.9. The SMILES string of the molecule is O=C([S-])CC(C(=O)[O-])c1nc2ccccc2[nH]1.[Co+2]. The monoisotopic (exact) mass is 307 g/mol. The summed E-state index contributed by atoms with van der Waals surface area (Å²) in [5.41, 5.74) is 1.36. The van der Waals surface area contributed by atoms with Crippen LogP contribution in [0, 0.1) is 0 Å². The van der Waals surface area contributed by atoms with Crippen LogP contribution in [-0.2, 0) is 39.0 Å². The van der Waals surface area contributed by atoms with Crippen molar-refractivity contribution in [2.24, 2.45) is 0 Å². The number of carboxylic acid groups (broad SMARTS) is 1. The second-order valence-electron chi connectivity index (χ2n) is 3.59.